The van der Waals surface area contributed by atoms with Crippen LogP contribution in [0.25, 0.3) is 0 Å². The molecule has 3 rings (SSSR count). The largest absolute Gasteiger partial charge is 0.497 e. The number of methoxy groups -OCH3 is 1. The fourth-order valence-corrected chi connectivity index (χ4v) is 3.08. The summed E-state index contributed by atoms with van der Waals surface area (Å²) < 4.78 is 5.20. The van der Waals surface area contributed by atoms with E-state index in [0.717, 1.165) is 37.5 Å². The van der Waals surface area contributed by atoms with Gasteiger partial charge in [-0.2, -0.15) is 0 Å². The monoisotopic (exact) mass is 360 g/mol. The zero-order valence-corrected chi connectivity index (χ0v) is 15.6. The SMILES string of the molecule is COc1cccc(C(=O)CN2CCN(c3cccc(C)c3)CC2)c1.Cl. The molecule has 2 aromatic rings. The maximum absolute atomic E-state index is 12.5. The summed E-state index contributed by atoms with van der Waals surface area (Å²) in [5, 5.41) is 0. The number of carbonyl (C=O) groups excluding carboxylic acids is 1. The zero-order valence-electron chi connectivity index (χ0n) is 14.8. The summed E-state index contributed by atoms with van der Waals surface area (Å²) in [6.07, 6.45) is 0. The van der Waals surface area contributed by atoms with Crippen LogP contribution in [0.15, 0.2) is 48.5 Å². The lowest BCUT2D eigenvalue weighted by Gasteiger charge is -2.35. The molecule has 1 fully saturated rings. The van der Waals surface area contributed by atoms with Crippen molar-refractivity contribution in [2.45, 2.75) is 6.92 Å². The van der Waals surface area contributed by atoms with Crippen molar-refractivity contribution in [1.82, 2.24) is 4.90 Å². The number of nitrogens with zero attached hydrogens (tertiary/aromatic N) is 2. The highest BCUT2D eigenvalue weighted by atomic mass is 35.5. The molecule has 1 heterocycles. The standard InChI is InChI=1S/C20H24N2O2.ClH/c1-16-5-3-7-18(13-16)22-11-9-21(10-12-22)15-20(23)17-6-4-8-19(14-17)24-2;/h3-8,13-14H,9-12,15H2,1-2H3;1H. The number of aryl methyl sites for hydroxylation is 1. The Bertz CT molecular complexity index is 712. The molecule has 25 heavy (non-hydrogen) atoms. The number of halogens is 1. The minimum absolute atomic E-state index is 0. The second kappa shape index (κ2) is 8.88. The van der Waals surface area contributed by atoms with Gasteiger partial charge in [-0.05, 0) is 36.8 Å². The molecule has 0 radical (unpaired) electrons. The maximum Gasteiger partial charge on any atom is 0.176 e. The molecule has 0 atom stereocenters. The predicted octanol–water partition coefficient (Wildman–Crippen LogP) is 3.43. The highest BCUT2D eigenvalue weighted by Crippen LogP contribution is 2.18. The first-order chi connectivity index (χ1) is 11.7. The van der Waals surface area contributed by atoms with E-state index in [0.29, 0.717) is 6.54 Å². The van der Waals surface area contributed by atoms with E-state index in [1.807, 2.05) is 24.3 Å². The van der Waals surface area contributed by atoms with Crippen LogP contribution in [0.2, 0.25) is 0 Å². The molecule has 1 saturated heterocycles. The van der Waals surface area contributed by atoms with Gasteiger partial charge in [0, 0.05) is 37.4 Å². The number of ether oxygens (including phenoxy) is 1. The Balaban J connectivity index is 0.00000225. The minimum Gasteiger partial charge on any atom is -0.497 e. The molecule has 1 aliphatic rings. The maximum atomic E-state index is 12.5. The molecule has 4 nitrogen and oxygen atoms in total. The molecular weight excluding hydrogens is 336 g/mol. The Kier molecular flexibility index (Phi) is 6.85. The molecule has 0 bridgehead atoms. The second-order valence-electron chi connectivity index (χ2n) is 6.26. The first-order valence-corrected chi connectivity index (χ1v) is 8.37. The van der Waals surface area contributed by atoms with Gasteiger partial charge < -0.3 is 9.64 Å². The average molecular weight is 361 g/mol. The van der Waals surface area contributed by atoms with Crippen molar-refractivity contribution in [2.24, 2.45) is 0 Å². The lowest BCUT2D eigenvalue weighted by Crippen LogP contribution is -2.48. The van der Waals surface area contributed by atoms with Gasteiger partial charge >= 0.3 is 0 Å². The van der Waals surface area contributed by atoms with Crippen LogP contribution in [-0.2, 0) is 0 Å². The summed E-state index contributed by atoms with van der Waals surface area (Å²) in [6, 6.07) is 16.0. The molecular formula is C20H25ClN2O2. The van der Waals surface area contributed by atoms with Crippen LogP contribution < -0.4 is 9.64 Å². The van der Waals surface area contributed by atoms with E-state index in [2.05, 4.69) is 41.0 Å². The first-order valence-electron chi connectivity index (χ1n) is 8.37. The Labute approximate surface area is 155 Å². The van der Waals surface area contributed by atoms with E-state index in [4.69, 9.17) is 4.74 Å². The smallest absolute Gasteiger partial charge is 0.176 e. The van der Waals surface area contributed by atoms with Crippen molar-refractivity contribution < 1.29 is 9.53 Å². The number of rotatable bonds is 5. The third kappa shape index (κ3) is 4.97. The lowest BCUT2D eigenvalue weighted by molar-refractivity contribution is 0.0926. The van der Waals surface area contributed by atoms with Crippen molar-refractivity contribution in [3.8, 4) is 5.75 Å². The van der Waals surface area contributed by atoms with Crippen LogP contribution in [-0.4, -0.2) is 50.5 Å². The van der Waals surface area contributed by atoms with Crippen LogP contribution in [0.3, 0.4) is 0 Å². The normalized spacial score (nSPS) is 14.7. The van der Waals surface area contributed by atoms with Crippen molar-refractivity contribution in [2.75, 3.05) is 44.7 Å². The summed E-state index contributed by atoms with van der Waals surface area (Å²) in [7, 11) is 1.62. The van der Waals surface area contributed by atoms with Crippen LogP contribution in [0.1, 0.15) is 15.9 Å². The van der Waals surface area contributed by atoms with Crippen molar-refractivity contribution in [3.05, 3.63) is 59.7 Å². The number of benzene rings is 2. The van der Waals surface area contributed by atoms with E-state index < -0.39 is 0 Å². The molecule has 1 aliphatic heterocycles. The number of hydrogen-bond acceptors (Lipinski definition) is 4. The van der Waals surface area contributed by atoms with Gasteiger partial charge in [0.25, 0.3) is 0 Å². The van der Waals surface area contributed by atoms with E-state index >= 15 is 0 Å². The Hall–Kier alpha value is -2.04. The molecule has 0 spiro atoms. The summed E-state index contributed by atoms with van der Waals surface area (Å²) in [5.41, 5.74) is 3.27. The topological polar surface area (TPSA) is 32.8 Å². The van der Waals surface area contributed by atoms with Gasteiger partial charge in [0.1, 0.15) is 5.75 Å². The van der Waals surface area contributed by atoms with Crippen molar-refractivity contribution in [3.63, 3.8) is 0 Å². The van der Waals surface area contributed by atoms with Gasteiger partial charge in [0.15, 0.2) is 5.78 Å². The number of hydrogen-bond donors (Lipinski definition) is 0. The predicted molar refractivity (Wildman–Crippen MR) is 104 cm³/mol. The quantitative estimate of drug-likeness (QED) is 0.765. The van der Waals surface area contributed by atoms with Gasteiger partial charge in [0.05, 0.1) is 13.7 Å². The molecule has 2 aromatic carbocycles. The zero-order chi connectivity index (χ0) is 16.9. The van der Waals surface area contributed by atoms with Gasteiger partial charge in [-0.25, -0.2) is 0 Å². The van der Waals surface area contributed by atoms with Crippen LogP contribution in [0.4, 0.5) is 5.69 Å². The summed E-state index contributed by atoms with van der Waals surface area (Å²) >= 11 is 0. The van der Waals surface area contributed by atoms with Gasteiger partial charge in [-0.15, -0.1) is 12.4 Å². The van der Waals surface area contributed by atoms with Crippen LogP contribution >= 0.6 is 12.4 Å². The van der Waals surface area contributed by atoms with E-state index in [9.17, 15) is 4.79 Å². The molecule has 0 aliphatic carbocycles. The first kappa shape index (κ1) is 19.3. The molecule has 0 amide bonds. The van der Waals surface area contributed by atoms with Gasteiger partial charge in [-0.3, -0.25) is 9.69 Å². The van der Waals surface area contributed by atoms with E-state index in [1.54, 1.807) is 7.11 Å². The molecule has 0 N–H and O–H groups in total. The fraction of sp³-hybridized carbons (Fsp3) is 0.350. The molecule has 0 aromatic heterocycles. The third-order valence-corrected chi connectivity index (χ3v) is 4.50. The number of Topliss-reactive ketones (excluding diaryl/α,β-unsaturated/α-hetero) is 1. The Morgan fingerprint density at radius 3 is 2.44 bits per heavy atom. The van der Waals surface area contributed by atoms with Crippen molar-refractivity contribution >= 4 is 23.9 Å². The highest BCUT2D eigenvalue weighted by molar-refractivity contribution is 5.98. The molecule has 5 heteroatoms. The van der Waals surface area contributed by atoms with Gasteiger partial charge in [0.2, 0.25) is 0 Å². The van der Waals surface area contributed by atoms with E-state index in [1.165, 1.54) is 11.3 Å². The van der Waals surface area contributed by atoms with Crippen molar-refractivity contribution in [1.29, 1.82) is 0 Å². The number of ketones is 1. The second-order valence-corrected chi connectivity index (χ2v) is 6.26. The molecule has 134 valence electrons. The van der Waals surface area contributed by atoms with Gasteiger partial charge in [-0.1, -0.05) is 24.3 Å². The molecule has 0 saturated carbocycles. The number of anilines is 1. The molecule has 0 unspecified atom stereocenters. The fourth-order valence-electron chi connectivity index (χ4n) is 3.08. The van der Waals surface area contributed by atoms with Crippen LogP contribution in [0, 0.1) is 6.92 Å². The third-order valence-electron chi connectivity index (χ3n) is 4.50. The number of carbonyl (C=O) groups is 1. The minimum atomic E-state index is 0. The summed E-state index contributed by atoms with van der Waals surface area (Å²) in [5.74, 6) is 0.878. The lowest BCUT2D eigenvalue weighted by atomic mass is 10.1. The number of piperazine rings is 1. The Morgan fingerprint density at radius 1 is 1.04 bits per heavy atom. The summed E-state index contributed by atoms with van der Waals surface area (Å²) in [4.78, 5) is 17.1. The van der Waals surface area contributed by atoms with Crippen LogP contribution in [0.5, 0.6) is 5.75 Å². The Morgan fingerprint density at radius 2 is 1.76 bits per heavy atom. The average Bonchev–Trinajstić information content (AvgIpc) is 2.62. The van der Waals surface area contributed by atoms with E-state index in [-0.39, 0.29) is 18.2 Å². The highest BCUT2D eigenvalue weighted by Gasteiger charge is 2.20. The summed E-state index contributed by atoms with van der Waals surface area (Å²) in [6.45, 7) is 6.30.